The Morgan fingerprint density at radius 3 is 2.34 bits per heavy atom. The van der Waals surface area contributed by atoms with E-state index in [0.29, 0.717) is 17.3 Å². The second-order valence-electron chi connectivity index (χ2n) is 9.37. The first kappa shape index (κ1) is 26.2. The largest absolute Gasteiger partial charge is 0.494 e. The number of rotatable bonds is 8. The molecule has 0 unspecified atom stereocenters. The van der Waals surface area contributed by atoms with E-state index >= 15 is 0 Å². The maximum Gasteiger partial charge on any atom is 0.209 e. The number of benzene rings is 1. The van der Waals surface area contributed by atoms with Gasteiger partial charge in [0.2, 0.25) is 9.84 Å². The van der Waals surface area contributed by atoms with Crippen molar-refractivity contribution >= 4 is 27.8 Å². The van der Waals surface area contributed by atoms with E-state index in [2.05, 4.69) is 26.1 Å². The van der Waals surface area contributed by atoms with Crippen molar-refractivity contribution in [2.75, 3.05) is 13.2 Å². The first-order valence-corrected chi connectivity index (χ1v) is 12.3. The van der Waals surface area contributed by atoms with Gasteiger partial charge in [0.1, 0.15) is 10.6 Å². The minimum atomic E-state index is -3.67. The van der Waals surface area contributed by atoms with Crippen molar-refractivity contribution in [1.82, 2.24) is 9.72 Å². The number of halogens is 1. The van der Waals surface area contributed by atoms with Gasteiger partial charge in [0.25, 0.3) is 0 Å². The number of fused-ring (bicyclic) bond motifs is 1. The summed E-state index contributed by atoms with van der Waals surface area (Å²) >= 11 is 0. The molecule has 0 spiro atoms. The fraction of sp³-hybridized carbons (Fsp3) is 0.440. The molecule has 5 nitrogen and oxygen atoms in total. The highest BCUT2D eigenvalue weighted by Gasteiger charge is 2.28. The zero-order valence-corrected chi connectivity index (χ0v) is 21.4. The molecular weight excluding hydrogens is 444 g/mol. The third-order valence-corrected chi connectivity index (χ3v) is 7.11. The van der Waals surface area contributed by atoms with Crippen LogP contribution in [0.1, 0.15) is 58.1 Å². The van der Waals surface area contributed by atoms with Gasteiger partial charge in [0.05, 0.1) is 17.0 Å². The molecule has 2 aromatic heterocycles. The van der Waals surface area contributed by atoms with E-state index in [1.165, 1.54) is 0 Å². The van der Waals surface area contributed by atoms with Crippen LogP contribution >= 0.6 is 12.4 Å². The summed E-state index contributed by atoms with van der Waals surface area (Å²) in [4.78, 5) is 0.690. The fourth-order valence-corrected chi connectivity index (χ4v) is 5.49. The molecule has 0 aliphatic heterocycles. The normalized spacial score (nSPS) is 12.2. The van der Waals surface area contributed by atoms with Gasteiger partial charge in [-0.2, -0.15) is 0 Å². The van der Waals surface area contributed by atoms with Crippen LogP contribution in [-0.2, 0) is 9.84 Å². The Balaban J connectivity index is 0.00000363. The van der Waals surface area contributed by atoms with Gasteiger partial charge < -0.3 is 14.5 Å². The van der Waals surface area contributed by atoms with Crippen LogP contribution in [0.5, 0.6) is 5.75 Å². The van der Waals surface area contributed by atoms with Gasteiger partial charge in [-0.05, 0) is 88.0 Å². The lowest BCUT2D eigenvalue weighted by Crippen LogP contribution is -2.36. The third-order valence-electron chi connectivity index (χ3n) is 5.25. The lowest BCUT2D eigenvalue weighted by atomic mass is 10.1. The van der Waals surface area contributed by atoms with Gasteiger partial charge in [0.15, 0.2) is 0 Å². The van der Waals surface area contributed by atoms with Gasteiger partial charge in [-0.15, -0.1) is 12.4 Å². The molecule has 7 heteroatoms. The summed E-state index contributed by atoms with van der Waals surface area (Å²) in [5.74, 6) is 0.769. The molecule has 0 atom stereocenters. The first-order valence-electron chi connectivity index (χ1n) is 10.8. The number of ether oxygens (including phenoxy) is 1. The highest BCUT2D eigenvalue weighted by molar-refractivity contribution is 7.91. The van der Waals surface area contributed by atoms with E-state index in [-0.39, 0.29) is 28.8 Å². The molecule has 0 aliphatic carbocycles. The summed E-state index contributed by atoms with van der Waals surface area (Å²) in [6.45, 7) is 13.8. The predicted octanol–water partition coefficient (Wildman–Crippen LogP) is 5.78. The molecule has 0 saturated heterocycles. The van der Waals surface area contributed by atoms with Crippen molar-refractivity contribution in [3.8, 4) is 5.75 Å². The third kappa shape index (κ3) is 5.85. The molecule has 176 valence electrons. The smallest absolute Gasteiger partial charge is 0.209 e. The summed E-state index contributed by atoms with van der Waals surface area (Å²) in [6.07, 6.45) is 4.72. The minimum absolute atomic E-state index is 0. The highest BCUT2D eigenvalue weighted by atomic mass is 35.5. The number of nitrogens with zero attached hydrogens (tertiary/aromatic N) is 1. The molecule has 0 aliphatic rings. The first-order chi connectivity index (χ1) is 14.5. The van der Waals surface area contributed by atoms with Crippen molar-refractivity contribution in [3.63, 3.8) is 0 Å². The Hall–Kier alpha value is -2.02. The van der Waals surface area contributed by atoms with Crippen LogP contribution in [0.25, 0.3) is 5.52 Å². The molecule has 0 bridgehead atoms. The molecule has 32 heavy (non-hydrogen) atoms. The zero-order chi connectivity index (χ0) is 22.8. The SMILES string of the molecule is Cc1cccn2cc(C(C)C)c(S(=O)(=O)c3ccc(OCCCNC(C)(C)C)cc3)c12.Cl. The molecule has 1 N–H and O–H groups in total. The van der Waals surface area contributed by atoms with E-state index in [0.717, 1.165) is 29.6 Å². The Morgan fingerprint density at radius 2 is 1.75 bits per heavy atom. The Kier molecular flexibility index (Phi) is 8.43. The summed E-state index contributed by atoms with van der Waals surface area (Å²) in [5, 5.41) is 3.42. The number of aromatic nitrogens is 1. The molecule has 3 aromatic rings. The topological polar surface area (TPSA) is 59.8 Å². The Labute approximate surface area is 198 Å². The summed E-state index contributed by atoms with van der Waals surface area (Å²) in [6, 6.07) is 10.7. The van der Waals surface area contributed by atoms with E-state index in [1.54, 1.807) is 24.3 Å². The average Bonchev–Trinajstić information content (AvgIpc) is 3.09. The van der Waals surface area contributed by atoms with Gasteiger partial charge >= 0.3 is 0 Å². The second kappa shape index (κ2) is 10.3. The molecule has 0 amide bonds. The lowest BCUT2D eigenvalue weighted by molar-refractivity contribution is 0.298. The van der Waals surface area contributed by atoms with Crippen molar-refractivity contribution in [1.29, 1.82) is 0 Å². The number of sulfone groups is 1. The number of aryl methyl sites for hydroxylation is 1. The van der Waals surface area contributed by atoms with Crippen LogP contribution < -0.4 is 10.1 Å². The molecule has 1 aromatic carbocycles. The summed E-state index contributed by atoms with van der Waals surface area (Å²) < 4.78 is 35.0. The monoisotopic (exact) mass is 478 g/mol. The lowest BCUT2D eigenvalue weighted by Gasteiger charge is -2.20. The van der Waals surface area contributed by atoms with Gasteiger partial charge in [-0.1, -0.05) is 19.9 Å². The molecule has 2 heterocycles. The van der Waals surface area contributed by atoms with Crippen LogP contribution in [0.15, 0.2) is 58.6 Å². The van der Waals surface area contributed by atoms with Crippen molar-refractivity contribution in [3.05, 3.63) is 59.9 Å². The van der Waals surface area contributed by atoms with Crippen LogP contribution in [0, 0.1) is 6.92 Å². The molecular formula is C25H35ClN2O3S. The summed E-state index contributed by atoms with van der Waals surface area (Å²) in [5.41, 5.74) is 2.61. The maximum atomic E-state index is 13.6. The van der Waals surface area contributed by atoms with Crippen LogP contribution in [0.4, 0.5) is 0 Å². The maximum absolute atomic E-state index is 13.6. The number of nitrogens with one attached hydrogen (secondary N) is 1. The predicted molar refractivity (Wildman–Crippen MR) is 133 cm³/mol. The number of hydrogen-bond donors (Lipinski definition) is 1. The van der Waals surface area contributed by atoms with E-state index < -0.39 is 9.84 Å². The van der Waals surface area contributed by atoms with Crippen molar-refractivity contribution < 1.29 is 13.2 Å². The minimum Gasteiger partial charge on any atom is -0.494 e. The standard InChI is InChI=1S/C25H34N2O3S.ClH/c1-18(2)22-17-27-15-7-9-19(3)23(27)24(22)31(28,29)21-12-10-20(11-13-21)30-16-8-14-26-25(4,5)6;/h7,9-13,15,17-18,26H,8,14,16H2,1-6H3;1H. The van der Waals surface area contributed by atoms with Crippen LogP contribution in [-0.4, -0.2) is 31.5 Å². The highest BCUT2D eigenvalue weighted by Crippen LogP contribution is 2.35. The Morgan fingerprint density at radius 1 is 1.09 bits per heavy atom. The average molecular weight is 479 g/mol. The zero-order valence-electron chi connectivity index (χ0n) is 19.8. The summed E-state index contributed by atoms with van der Waals surface area (Å²) in [7, 11) is -3.67. The second-order valence-corrected chi connectivity index (χ2v) is 11.3. The molecule has 3 rings (SSSR count). The van der Waals surface area contributed by atoms with Gasteiger partial charge in [-0.3, -0.25) is 0 Å². The fourth-order valence-electron chi connectivity index (χ4n) is 3.64. The van der Waals surface area contributed by atoms with E-state index in [9.17, 15) is 8.42 Å². The van der Waals surface area contributed by atoms with E-state index in [1.807, 2.05) is 49.7 Å². The van der Waals surface area contributed by atoms with Gasteiger partial charge in [0, 0.05) is 17.9 Å². The number of pyridine rings is 1. The Bertz CT molecular complexity index is 1140. The van der Waals surface area contributed by atoms with Crippen LogP contribution in [0.3, 0.4) is 0 Å². The van der Waals surface area contributed by atoms with Crippen LogP contribution in [0.2, 0.25) is 0 Å². The van der Waals surface area contributed by atoms with Gasteiger partial charge in [-0.25, -0.2) is 8.42 Å². The van der Waals surface area contributed by atoms with E-state index in [4.69, 9.17) is 4.74 Å². The van der Waals surface area contributed by atoms with Crippen molar-refractivity contribution in [2.45, 2.75) is 69.2 Å². The number of hydrogen-bond acceptors (Lipinski definition) is 4. The molecule has 0 saturated carbocycles. The quantitative estimate of drug-likeness (QED) is 0.417. The molecule has 0 fully saturated rings. The van der Waals surface area contributed by atoms with Crippen molar-refractivity contribution in [2.24, 2.45) is 0 Å². The molecule has 0 radical (unpaired) electrons.